The van der Waals surface area contributed by atoms with Crippen molar-refractivity contribution in [2.75, 3.05) is 38.2 Å². The number of halogens is 1. The van der Waals surface area contributed by atoms with Crippen LogP contribution < -0.4 is 9.64 Å². The number of ether oxygens (including phenoxy) is 1. The van der Waals surface area contributed by atoms with Gasteiger partial charge in [-0.25, -0.2) is 4.98 Å². The van der Waals surface area contributed by atoms with Crippen molar-refractivity contribution in [3.05, 3.63) is 46.8 Å². The molecule has 3 rings (SSSR count). The molecule has 0 atom stereocenters. The molecule has 0 bridgehead atoms. The smallest absolute Gasteiger partial charge is 0.223 e. The largest absolute Gasteiger partial charge is 0.496 e. The first-order chi connectivity index (χ1) is 13.1. The zero-order chi connectivity index (χ0) is 19.2. The second-order valence-electron chi connectivity index (χ2n) is 6.20. The summed E-state index contributed by atoms with van der Waals surface area (Å²) in [6.45, 7) is 2.64. The number of nitrogens with zero attached hydrogens (tertiary/aromatic N) is 4. The Labute approximate surface area is 166 Å². The summed E-state index contributed by atoms with van der Waals surface area (Å²) in [5.74, 6) is 1.24. The van der Waals surface area contributed by atoms with Gasteiger partial charge >= 0.3 is 0 Å². The molecule has 7 nitrogen and oxygen atoms in total. The number of carbonyl (C=O) groups excluding carboxylic acids is 2. The molecule has 0 saturated carbocycles. The molecule has 1 aliphatic rings. The molecule has 1 amide bonds. The molecular formula is C19H21BrN4O3. The van der Waals surface area contributed by atoms with Crippen molar-refractivity contribution in [3.8, 4) is 5.75 Å². The fourth-order valence-electron chi connectivity index (χ4n) is 3.05. The number of Topliss-reactive ketones (excluding diaryl/α,β-unsaturated/α-hetero) is 1. The van der Waals surface area contributed by atoms with E-state index in [1.165, 1.54) is 7.11 Å². The summed E-state index contributed by atoms with van der Waals surface area (Å²) in [5.41, 5.74) is 0.493. The number of aromatic nitrogens is 2. The predicted molar refractivity (Wildman–Crippen MR) is 105 cm³/mol. The van der Waals surface area contributed by atoms with Crippen LogP contribution in [0.4, 0.5) is 5.82 Å². The number of amides is 1. The zero-order valence-electron chi connectivity index (χ0n) is 15.1. The summed E-state index contributed by atoms with van der Waals surface area (Å²) >= 11 is 3.36. The zero-order valence-corrected chi connectivity index (χ0v) is 16.7. The summed E-state index contributed by atoms with van der Waals surface area (Å²) in [7, 11) is 1.53. The van der Waals surface area contributed by atoms with Crippen LogP contribution in [0.25, 0.3) is 0 Å². The molecule has 0 aliphatic carbocycles. The minimum atomic E-state index is -0.0975. The van der Waals surface area contributed by atoms with Gasteiger partial charge in [-0.05, 0) is 18.2 Å². The lowest BCUT2D eigenvalue weighted by Crippen LogP contribution is -2.49. The van der Waals surface area contributed by atoms with Crippen LogP contribution in [0.15, 0.2) is 41.3 Å². The lowest BCUT2D eigenvalue weighted by atomic mass is 10.0. The van der Waals surface area contributed by atoms with Crippen molar-refractivity contribution in [1.29, 1.82) is 0 Å². The van der Waals surface area contributed by atoms with Crippen molar-refractivity contribution >= 4 is 33.4 Å². The molecular weight excluding hydrogens is 412 g/mol. The average molecular weight is 433 g/mol. The van der Waals surface area contributed by atoms with Gasteiger partial charge in [-0.2, -0.15) is 0 Å². The molecule has 1 saturated heterocycles. The van der Waals surface area contributed by atoms with Gasteiger partial charge in [-0.15, -0.1) is 0 Å². The van der Waals surface area contributed by atoms with E-state index >= 15 is 0 Å². The Morgan fingerprint density at radius 3 is 2.59 bits per heavy atom. The molecule has 1 aromatic carbocycles. The molecule has 142 valence electrons. The Bertz CT molecular complexity index is 808. The van der Waals surface area contributed by atoms with E-state index in [1.54, 1.807) is 35.6 Å². The van der Waals surface area contributed by atoms with Crippen LogP contribution in [0.3, 0.4) is 0 Å². The second kappa shape index (κ2) is 8.94. The van der Waals surface area contributed by atoms with Gasteiger partial charge in [0.05, 0.1) is 18.9 Å². The van der Waals surface area contributed by atoms with Crippen molar-refractivity contribution in [1.82, 2.24) is 14.9 Å². The van der Waals surface area contributed by atoms with Crippen LogP contribution in [0.2, 0.25) is 0 Å². The molecule has 8 heteroatoms. The minimum Gasteiger partial charge on any atom is -0.496 e. The summed E-state index contributed by atoms with van der Waals surface area (Å²) in [6.07, 6.45) is 5.38. The molecule has 0 radical (unpaired) electrons. The van der Waals surface area contributed by atoms with E-state index in [0.717, 1.165) is 10.3 Å². The SMILES string of the molecule is COc1ccc(Br)cc1C(=O)CCC(=O)N1CCN(c2cnccn2)CC1. The molecule has 2 heterocycles. The normalized spacial score (nSPS) is 14.1. The quantitative estimate of drug-likeness (QED) is 0.652. The van der Waals surface area contributed by atoms with Crippen LogP contribution in [-0.4, -0.2) is 59.8 Å². The summed E-state index contributed by atoms with van der Waals surface area (Å²) in [5, 5.41) is 0. The van der Waals surface area contributed by atoms with Crippen LogP contribution in [-0.2, 0) is 4.79 Å². The number of benzene rings is 1. The van der Waals surface area contributed by atoms with E-state index < -0.39 is 0 Å². The maximum absolute atomic E-state index is 12.5. The van der Waals surface area contributed by atoms with E-state index in [2.05, 4.69) is 30.8 Å². The first-order valence-electron chi connectivity index (χ1n) is 8.74. The van der Waals surface area contributed by atoms with Gasteiger partial charge in [0, 0.05) is 55.9 Å². The maximum atomic E-state index is 12.5. The Morgan fingerprint density at radius 1 is 1.15 bits per heavy atom. The average Bonchev–Trinajstić information content (AvgIpc) is 2.72. The maximum Gasteiger partial charge on any atom is 0.223 e. The number of hydrogen-bond donors (Lipinski definition) is 0. The number of piperazine rings is 1. The lowest BCUT2D eigenvalue weighted by Gasteiger charge is -2.35. The monoisotopic (exact) mass is 432 g/mol. The molecule has 2 aromatic rings. The van der Waals surface area contributed by atoms with Gasteiger partial charge in [-0.3, -0.25) is 14.6 Å². The third-order valence-electron chi connectivity index (χ3n) is 4.53. The Balaban J connectivity index is 1.52. The molecule has 27 heavy (non-hydrogen) atoms. The number of methoxy groups -OCH3 is 1. The number of anilines is 1. The van der Waals surface area contributed by atoms with Crippen molar-refractivity contribution < 1.29 is 14.3 Å². The number of hydrogen-bond acceptors (Lipinski definition) is 6. The highest BCUT2D eigenvalue weighted by Gasteiger charge is 2.23. The second-order valence-corrected chi connectivity index (χ2v) is 7.11. The van der Waals surface area contributed by atoms with Crippen molar-refractivity contribution in [2.24, 2.45) is 0 Å². The van der Waals surface area contributed by atoms with Crippen LogP contribution in [0.5, 0.6) is 5.75 Å². The molecule has 0 spiro atoms. The Kier molecular flexibility index (Phi) is 6.39. The fourth-order valence-corrected chi connectivity index (χ4v) is 3.41. The Morgan fingerprint density at radius 2 is 1.93 bits per heavy atom. The fraction of sp³-hybridized carbons (Fsp3) is 0.368. The summed E-state index contributed by atoms with van der Waals surface area (Å²) in [6, 6.07) is 5.29. The van der Waals surface area contributed by atoms with Crippen LogP contribution in [0, 0.1) is 0 Å². The molecule has 0 N–H and O–H groups in total. The highest BCUT2D eigenvalue weighted by Crippen LogP contribution is 2.24. The molecule has 1 fully saturated rings. The number of ketones is 1. The van der Waals surface area contributed by atoms with Gasteiger partial charge in [0.2, 0.25) is 5.91 Å². The van der Waals surface area contributed by atoms with E-state index in [-0.39, 0.29) is 24.5 Å². The molecule has 1 aliphatic heterocycles. The van der Waals surface area contributed by atoms with E-state index in [9.17, 15) is 9.59 Å². The van der Waals surface area contributed by atoms with Crippen LogP contribution in [0.1, 0.15) is 23.2 Å². The van der Waals surface area contributed by atoms with Crippen molar-refractivity contribution in [2.45, 2.75) is 12.8 Å². The predicted octanol–water partition coefficient (Wildman–Crippen LogP) is 2.56. The van der Waals surface area contributed by atoms with Gasteiger partial charge in [0.25, 0.3) is 0 Å². The lowest BCUT2D eigenvalue weighted by molar-refractivity contribution is -0.131. The van der Waals surface area contributed by atoms with E-state index in [1.807, 2.05) is 6.07 Å². The van der Waals surface area contributed by atoms with E-state index in [4.69, 9.17) is 4.74 Å². The summed E-state index contributed by atoms with van der Waals surface area (Å²) in [4.78, 5) is 37.3. The van der Waals surface area contributed by atoms with Crippen LogP contribution >= 0.6 is 15.9 Å². The number of carbonyl (C=O) groups is 2. The van der Waals surface area contributed by atoms with E-state index in [0.29, 0.717) is 37.5 Å². The van der Waals surface area contributed by atoms with Gasteiger partial charge in [0.15, 0.2) is 5.78 Å². The van der Waals surface area contributed by atoms with Crippen molar-refractivity contribution in [3.63, 3.8) is 0 Å². The first-order valence-corrected chi connectivity index (χ1v) is 9.53. The highest BCUT2D eigenvalue weighted by atomic mass is 79.9. The highest BCUT2D eigenvalue weighted by molar-refractivity contribution is 9.10. The molecule has 0 unspecified atom stereocenters. The minimum absolute atomic E-state index is 0.00360. The summed E-state index contributed by atoms with van der Waals surface area (Å²) < 4.78 is 6.05. The number of rotatable bonds is 6. The first kappa shape index (κ1) is 19.3. The topological polar surface area (TPSA) is 75.6 Å². The standard InChI is InChI=1S/C19H21BrN4O3/c1-27-17-4-2-14(20)12-15(17)16(25)3-5-19(26)24-10-8-23(9-11-24)18-13-21-6-7-22-18/h2,4,6-7,12-13H,3,5,8-11H2,1H3. The third-order valence-corrected chi connectivity index (χ3v) is 5.03. The van der Waals surface area contributed by atoms with Gasteiger partial charge in [-0.1, -0.05) is 15.9 Å². The molecule has 1 aromatic heterocycles. The third kappa shape index (κ3) is 4.82. The Hall–Kier alpha value is -2.48. The van der Waals surface area contributed by atoms with Gasteiger partial charge < -0.3 is 14.5 Å². The van der Waals surface area contributed by atoms with Gasteiger partial charge in [0.1, 0.15) is 11.6 Å².